The smallest absolute Gasteiger partial charge is 0.0445 e. The van der Waals surface area contributed by atoms with E-state index >= 15 is 0 Å². The zero-order valence-corrected chi connectivity index (χ0v) is 12.5. The second-order valence-electron chi connectivity index (χ2n) is 4.36. The maximum atomic E-state index is 6.12. The number of hydrogen-bond donors (Lipinski definition) is 1. The number of nitrogens with two attached hydrogens (primary N) is 1. The third-order valence-corrected chi connectivity index (χ3v) is 5.11. The molecule has 0 bridgehead atoms. The Balaban J connectivity index is 2.34. The van der Waals surface area contributed by atoms with Crippen LogP contribution in [0.2, 0.25) is 5.02 Å². The van der Waals surface area contributed by atoms with E-state index in [-0.39, 0.29) is 5.41 Å². The van der Waals surface area contributed by atoms with E-state index in [0.29, 0.717) is 18.3 Å². The highest BCUT2D eigenvalue weighted by molar-refractivity contribution is 14.1. The zero-order valence-electron chi connectivity index (χ0n) is 8.85. The molecule has 2 atom stereocenters. The van der Waals surface area contributed by atoms with Crippen LogP contribution in [0.15, 0.2) is 18.2 Å². The highest BCUT2D eigenvalue weighted by Gasteiger charge is 2.53. The average molecular weight is 370 g/mol. The first-order valence-corrected chi connectivity index (χ1v) is 7.72. The summed E-state index contributed by atoms with van der Waals surface area (Å²) in [5, 5.41) is 0.841. The normalized spacial score (nSPS) is 28.1. The molecule has 4 heteroatoms. The van der Waals surface area contributed by atoms with E-state index < -0.39 is 0 Å². The Kier molecular flexibility index (Phi) is 4.05. The molecule has 0 aromatic heterocycles. The minimum Gasteiger partial charge on any atom is -0.330 e. The number of halogens is 3. The molecule has 0 saturated heterocycles. The predicted molar refractivity (Wildman–Crippen MR) is 78.7 cm³/mol. The van der Waals surface area contributed by atoms with Gasteiger partial charge in [-0.15, -0.1) is 11.6 Å². The topological polar surface area (TPSA) is 26.0 Å². The van der Waals surface area contributed by atoms with Gasteiger partial charge in [0.15, 0.2) is 0 Å². The first-order valence-electron chi connectivity index (χ1n) is 5.29. The Morgan fingerprint density at radius 1 is 1.50 bits per heavy atom. The van der Waals surface area contributed by atoms with Crippen LogP contribution in [0, 0.1) is 5.92 Å². The van der Waals surface area contributed by atoms with Gasteiger partial charge in [0.1, 0.15) is 0 Å². The van der Waals surface area contributed by atoms with Crippen molar-refractivity contribution in [2.45, 2.75) is 16.3 Å². The number of hydrogen-bond acceptors (Lipinski definition) is 1. The van der Waals surface area contributed by atoms with Crippen molar-refractivity contribution in [3.63, 3.8) is 0 Å². The maximum Gasteiger partial charge on any atom is 0.0445 e. The van der Waals surface area contributed by atoms with Gasteiger partial charge in [0.2, 0.25) is 0 Å². The fourth-order valence-electron chi connectivity index (χ4n) is 2.29. The Bertz CT molecular complexity index is 397. The average Bonchev–Trinajstić information content (AvgIpc) is 3.04. The minimum absolute atomic E-state index is 0.118. The molecule has 0 aliphatic heterocycles. The molecule has 0 unspecified atom stereocenters. The Hall–Kier alpha value is 0.490. The van der Waals surface area contributed by atoms with Crippen LogP contribution in [0.5, 0.6) is 0 Å². The second-order valence-corrected chi connectivity index (χ2v) is 5.83. The van der Waals surface area contributed by atoms with Gasteiger partial charge in [-0.25, -0.2) is 0 Å². The predicted octanol–water partition coefficient (Wildman–Crippen LogP) is 3.73. The molecule has 0 radical (unpaired) electrons. The summed E-state index contributed by atoms with van der Waals surface area (Å²) >= 11 is 14.4. The SMILES string of the molecule is NC[C@]1(c2ccc(Cl)c(CI)c2)C[C@@H]1CCl. The molecule has 1 aliphatic rings. The highest BCUT2D eigenvalue weighted by atomic mass is 127. The van der Waals surface area contributed by atoms with Gasteiger partial charge < -0.3 is 5.73 Å². The van der Waals surface area contributed by atoms with Crippen molar-refractivity contribution in [3.8, 4) is 0 Å². The molecule has 0 spiro atoms. The molecule has 1 nitrogen and oxygen atoms in total. The molecule has 1 aromatic carbocycles. The quantitative estimate of drug-likeness (QED) is 0.635. The molecule has 0 heterocycles. The first-order chi connectivity index (χ1) is 7.67. The van der Waals surface area contributed by atoms with Crippen molar-refractivity contribution in [3.05, 3.63) is 34.3 Å². The number of alkyl halides is 2. The van der Waals surface area contributed by atoms with Gasteiger partial charge in [-0.05, 0) is 29.5 Å². The van der Waals surface area contributed by atoms with Gasteiger partial charge in [0, 0.05) is 27.3 Å². The summed E-state index contributed by atoms with van der Waals surface area (Å²) in [5.41, 5.74) is 8.51. The fraction of sp³-hybridized carbons (Fsp3) is 0.500. The van der Waals surface area contributed by atoms with E-state index in [1.807, 2.05) is 6.07 Å². The summed E-state index contributed by atoms with van der Waals surface area (Å²) in [6.07, 6.45) is 1.11. The second kappa shape index (κ2) is 5.01. The third kappa shape index (κ3) is 2.09. The minimum atomic E-state index is 0.118. The molecule has 1 fully saturated rings. The Morgan fingerprint density at radius 3 is 2.75 bits per heavy atom. The molecule has 2 N–H and O–H groups in total. The van der Waals surface area contributed by atoms with Crippen LogP contribution in [-0.2, 0) is 9.84 Å². The molecule has 2 rings (SSSR count). The van der Waals surface area contributed by atoms with E-state index in [0.717, 1.165) is 15.9 Å². The van der Waals surface area contributed by atoms with E-state index in [2.05, 4.69) is 34.7 Å². The van der Waals surface area contributed by atoms with Crippen molar-refractivity contribution in [1.82, 2.24) is 0 Å². The molecular formula is C12H14Cl2IN. The summed E-state index contributed by atoms with van der Waals surface area (Å²) in [6.45, 7) is 0.673. The lowest BCUT2D eigenvalue weighted by Crippen LogP contribution is -2.23. The summed E-state index contributed by atoms with van der Waals surface area (Å²) in [6, 6.07) is 6.26. The van der Waals surface area contributed by atoms with Gasteiger partial charge in [-0.1, -0.05) is 46.3 Å². The van der Waals surface area contributed by atoms with Crippen LogP contribution in [0.1, 0.15) is 17.5 Å². The molecule has 88 valence electrons. The third-order valence-electron chi connectivity index (χ3n) is 3.55. The zero-order chi connectivity index (χ0) is 11.8. The van der Waals surface area contributed by atoms with E-state index in [4.69, 9.17) is 28.9 Å². The van der Waals surface area contributed by atoms with Crippen molar-refractivity contribution in [2.24, 2.45) is 11.7 Å². The molecule has 1 saturated carbocycles. The first kappa shape index (κ1) is 12.9. The van der Waals surface area contributed by atoms with Crippen LogP contribution in [0.25, 0.3) is 0 Å². The van der Waals surface area contributed by atoms with Gasteiger partial charge in [-0.3, -0.25) is 0 Å². The van der Waals surface area contributed by atoms with Gasteiger partial charge in [-0.2, -0.15) is 0 Å². The van der Waals surface area contributed by atoms with Gasteiger partial charge >= 0.3 is 0 Å². The summed E-state index contributed by atoms with van der Waals surface area (Å²) in [7, 11) is 0. The van der Waals surface area contributed by atoms with Crippen molar-refractivity contribution in [2.75, 3.05) is 12.4 Å². The summed E-state index contributed by atoms with van der Waals surface area (Å²) < 4.78 is 0.927. The lowest BCUT2D eigenvalue weighted by molar-refractivity contribution is 0.644. The Labute approximate surface area is 120 Å². The molecule has 0 amide bonds. The van der Waals surface area contributed by atoms with Crippen molar-refractivity contribution in [1.29, 1.82) is 0 Å². The van der Waals surface area contributed by atoms with E-state index in [1.165, 1.54) is 11.1 Å². The van der Waals surface area contributed by atoms with Crippen LogP contribution >= 0.6 is 45.8 Å². The standard InChI is InChI=1S/C12H14Cl2IN/c13-5-10-4-12(10,7-16)9-1-2-11(14)8(3-9)6-15/h1-3,10H,4-7,16H2/t10-,12+/m1/s1. The van der Waals surface area contributed by atoms with Crippen molar-refractivity contribution < 1.29 is 0 Å². The summed E-state index contributed by atoms with van der Waals surface area (Å²) in [4.78, 5) is 0. The van der Waals surface area contributed by atoms with Crippen LogP contribution in [-0.4, -0.2) is 12.4 Å². The highest BCUT2D eigenvalue weighted by Crippen LogP contribution is 2.54. The largest absolute Gasteiger partial charge is 0.330 e. The maximum absolute atomic E-state index is 6.12. The summed E-state index contributed by atoms with van der Waals surface area (Å²) in [5.74, 6) is 1.22. The van der Waals surface area contributed by atoms with Gasteiger partial charge in [0.25, 0.3) is 0 Å². The molecular weight excluding hydrogens is 356 g/mol. The number of benzene rings is 1. The lowest BCUT2D eigenvalue weighted by Gasteiger charge is -2.16. The molecule has 1 aliphatic carbocycles. The van der Waals surface area contributed by atoms with E-state index in [1.54, 1.807) is 0 Å². The Morgan fingerprint density at radius 2 is 2.25 bits per heavy atom. The van der Waals surface area contributed by atoms with Crippen molar-refractivity contribution >= 4 is 45.8 Å². The van der Waals surface area contributed by atoms with Crippen LogP contribution in [0.3, 0.4) is 0 Å². The number of rotatable bonds is 4. The molecule has 1 aromatic rings. The van der Waals surface area contributed by atoms with Crippen LogP contribution < -0.4 is 5.73 Å². The van der Waals surface area contributed by atoms with E-state index in [9.17, 15) is 0 Å². The fourth-order valence-corrected chi connectivity index (χ4v) is 3.74. The van der Waals surface area contributed by atoms with Gasteiger partial charge in [0.05, 0.1) is 0 Å². The monoisotopic (exact) mass is 369 g/mol. The lowest BCUT2D eigenvalue weighted by atomic mass is 9.92. The molecule has 16 heavy (non-hydrogen) atoms. The van der Waals surface area contributed by atoms with Crippen LogP contribution in [0.4, 0.5) is 0 Å².